The van der Waals surface area contributed by atoms with Gasteiger partial charge in [0.1, 0.15) is 6.54 Å². The Labute approximate surface area is 102 Å². The van der Waals surface area contributed by atoms with Crippen LogP contribution in [0.5, 0.6) is 0 Å². The number of amides is 1. The van der Waals surface area contributed by atoms with Crippen LogP contribution in [0.4, 0.5) is 0 Å². The van der Waals surface area contributed by atoms with Crippen molar-refractivity contribution >= 4 is 11.9 Å². The van der Waals surface area contributed by atoms with Crippen molar-refractivity contribution in [2.24, 2.45) is 5.73 Å². The molecule has 1 rings (SSSR count). The van der Waals surface area contributed by atoms with Gasteiger partial charge in [0, 0.05) is 18.0 Å². The molecule has 1 aliphatic rings. The Morgan fingerprint density at radius 3 is 2.29 bits per heavy atom. The highest BCUT2D eigenvalue weighted by molar-refractivity contribution is 5.82. The van der Waals surface area contributed by atoms with E-state index in [4.69, 9.17) is 10.8 Å². The Morgan fingerprint density at radius 2 is 1.88 bits per heavy atom. The van der Waals surface area contributed by atoms with Crippen LogP contribution >= 0.6 is 0 Å². The summed E-state index contributed by atoms with van der Waals surface area (Å²) in [5.74, 6) is -1.10. The molecule has 5 heteroatoms. The van der Waals surface area contributed by atoms with Crippen LogP contribution in [0.2, 0.25) is 0 Å². The van der Waals surface area contributed by atoms with Crippen LogP contribution in [0.15, 0.2) is 0 Å². The molecule has 5 nitrogen and oxygen atoms in total. The highest BCUT2D eigenvalue weighted by atomic mass is 16.4. The predicted octanol–water partition coefficient (Wildman–Crippen LogP) is 0.970. The van der Waals surface area contributed by atoms with E-state index in [-0.39, 0.29) is 24.9 Å². The number of carbonyl (C=O) groups excluding carboxylic acids is 1. The summed E-state index contributed by atoms with van der Waals surface area (Å²) in [7, 11) is 0. The summed E-state index contributed by atoms with van der Waals surface area (Å²) in [4.78, 5) is 24.4. The molecule has 0 spiro atoms. The van der Waals surface area contributed by atoms with Gasteiger partial charge in [0.15, 0.2) is 0 Å². The summed E-state index contributed by atoms with van der Waals surface area (Å²) < 4.78 is 0. The Hall–Kier alpha value is -1.10. The quantitative estimate of drug-likeness (QED) is 0.752. The number of carboxylic acid groups (broad SMARTS) is 1. The first-order chi connectivity index (χ1) is 7.79. The molecule has 0 aliphatic heterocycles. The van der Waals surface area contributed by atoms with Crippen LogP contribution in [0.1, 0.15) is 46.0 Å². The maximum atomic E-state index is 12.1. The van der Waals surface area contributed by atoms with E-state index in [2.05, 4.69) is 0 Å². The fraction of sp³-hybridized carbons (Fsp3) is 0.833. The van der Waals surface area contributed by atoms with Crippen LogP contribution < -0.4 is 5.73 Å². The van der Waals surface area contributed by atoms with E-state index in [1.165, 1.54) is 4.90 Å². The van der Waals surface area contributed by atoms with Crippen LogP contribution in [0, 0.1) is 0 Å². The Morgan fingerprint density at radius 1 is 1.35 bits per heavy atom. The standard InChI is InChI=1S/C12H22N2O3/c1-12(2,13)7-10(15)14(8-11(16)17)9-5-3-4-6-9/h9H,3-8,13H2,1-2H3,(H,16,17). The molecule has 0 unspecified atom stereocenters. The lowest BCUT2D eigenvalue weighted by Crippen LogP contribution is -2.46. The molecule has 0 atom stereocenters. The maximum absolute atomic E-state index is 12.1. The summed E-state index contributed by atoms with van der Waals surface area (Å²) in [6, 6.07) is 0.0842. The van der Waals surface area contributed by atoms with Crippen molar-refractivity contribution in [3.05, 3.63) is 0 Å². The van der Waals surface area contributed by atoms with Gasteiger partial charge in [-0.2, -0.15) is 0 Å². The molecule has 1 amide bonds. The molecule has 0 aromatic rings. The summed E-state index contributed by atoms with van der Waals surface area (Å²) in [5.41, 5.74) is 5.22. The second-order valence-corrected chi connectivity index (χ2v) is 5.52. The minimum atomic E-state index is -0.958. The third kappa shape index (κ3) is 4.73. The van der Waals surface area contributed by atoms with Crippen molar-refractivity contribution in [1.82, 2.24) is 4.90 Å². The summed E-state index contributed by atoms with van der Waals surface area (Å²) in [5, 5.41) is 8.87. The number of hydrogen-bond acceptors (Lipinski definition) is 3. The smallest absolute Gasteiger partial charge is 0.323 e. The number of carbonyl (C=O) groups is 2. The molecule has 0 aromatic heterocycles. The van der Waals surface area contributed by atoms with E-state index in [9.17, 15) is 9.59 Å². The van der Waals surface area contributed by atoms with E-state index in [1.54, 1.807) is 13.8 Å². The fourth-order valence-corrected chi connectivity index (χ4v) is 2.27. The van der Waals surface area contributed by atoms with Gasteiger partial charge >= 0.3 is 5.97 Å². The summed E-state index contributed by atoms with van der Waals surface area (Å²) in [6.45, 7) is 3.34. The van der Waals surface area contributed by atoms with Gasteiger partial charge in [-0.05, 0) is 26.7 Å². The largest absolute Gasteiger partial charge is 0.480 e. The average molecular weight is 242 g/mol. The third-order valence-corrected chi connectivity index (χ3v) is 3.00. The SMILES string of the molecule is CC(C)(N)CC(=O)N(CC(=O)O)C1CCCC1. The van der Waals surface area contributed by atoms with Gasteiger partial charge in [0.05, 0.1) is 0 Å². The minimum Gasteiger partial charge on any atom is -0.480 e. The van der Waals surface area contributed by atoms with Crippen LogP contribution in [0.3, 0.4) is 0 Å². The Kier molecular flexibility index (Phi) is 4.51. The van der Waals surface area contributed by atoms with Crippen molar-refractivity contribution in [3.8, 4) is 0 Å². The van der Waals surface area contributed by atoms with Gasteiger partial charge in [-0.25, -0.2) is 0 Å². The number of hydrogen-bond donors (Lipinski definition) is 2. The molecule has 17 heavy (non-hydrogen) atoms. The second-order valence-electron chi connectivity index (χ2n) is 5.52. The molecule has 0 radical (unpaired) electrons. The highest BCUT2D eigenvalue weighted by Gasteiger charge is 2.30. The molecule has 3 N–H and O–H groups in total. The lowest BCUT2D eigenvalue weighted by Gasteiger charge is -2.30. The van der Waals surface area contributed by atoms with E-state index in [0.29, 0.717) is 0 Å². The van der Waals surface area contributed by atoms with Gasteiger partial charge in [0.2, 0.25) is 5.91 Å². The first-order valence-corrected chi connectivity index (χ1v) is 6.10. The molecule has 0 heterocycles. The van der Waals surface area contributed by atoms with E-state index >= 15 is 0 Å². The van der Waals surface area contributed by atoms with Gasteiger partial charge in [-0.1, -0.05) is 12.8 Å². The zero-order valence-electron chi connectivity index (χ0n) is 10.6. The van der Waals surface area contributed by atoms with Gasteiger partial charge in [-0.15, -0.1) is 0 Å². The number of aliphatic carboxylic acids is 1. The molecule has 1 saturated carbocycles. The normalized spacial score (nSPS) is 17.1. The lowest BCUT2D eigenvalue weighted by molar-refractivity contribution is -0.146. The summed E-state index contributed by atoms with van der Waals surface area (Å²) >= 11 is 0. The van der Waals surface area contributed by atoms with Gasteiger partial charge in [0.25, 0.3) is 0 Å². The topological polar surface area (TPSA) is 83.6 Å². The molecule has 0 saturated heterocycles. The fourth-order valence-electron chi connectivity index (χ4n) is 2.27. The first kappa shape index (κ1) is 14.0. The van der Waals surface area contributed by atoms with Gasteiger partial charge < -0.3 is 15.7 Å². The predicted molar refractivity (Wildman–Crippen MR) is 64.5 cm³/mol. The molecule has 0 bridgehead atoms. The number of nitrogens with two attached hydrogens (primary N) is 1. The molecule has 98 valence electrons. The summed E-state index contributed by atoms with van der Waals surface area (Å²) in [6.07, 6.45) is 4.14. The lowest BCUT2D eigenvalue weighted by atomic mass is 10.0. The number of nitrogens with zero attached hydrogens (tertiary/aromatic N) is 1. The van der Waals surface area contributed by atoms with Gasteiger partial charge in [-0.3, -0.25) is 9.59 Å². The van der Waals surface area contributed by atoms with Crippen molar-refractivity contribution < 1.29 is 14.7 Å². The zero-order chi connectivity index (χ0) is 13.1. The van der Waals surface area contributed by atoms with E-state index < -0.39 is 11.5 Å². The molecule has 0 aromatic carbocycles. The molecular formula is C12H22N2O3. The minimum absolute atomic E-state index is 0.0842. The van der Waals surface area contributed by atoms with Crippen LogP contribution in [0.25, 0.3) is 0 Å². The maximum Gasteiger partial charge on any atom is 0.323 e. The highest BCUT2D eigenvalue weighted by Crippen LogP contribution is 2.24. The Balaban J connectivity index is 2.67. The number of carboxylic acids is 1. The number of rotatable bonds is 5. The molecule has 1 fully saturated rings. The first-order valence-electron chi connectivity index (χ1n) is 6.10. The average Bonchev–Trinajstić information content (AvgIpc) is 2.63. The molecule has 1 aliphatic carbocycles. The van der Waals surface area contributed by atoms with Crippen molar-refractivity contribution in [2.45, 2.75) is 57.5 Å². The molecular weight excluding hydrogens is 220 g/mol. The Bertz CT molecular complexity index is 291. The van der Waals surface area contributed by atoms with E-state index in [1.807, 2.05) is 0 Å². The van der Waals surface area contributed by atoms with Crippen LogP contribution in [-0.4, -0.2) is 40.0 Å². The third-order valence-electron chi connectivity index (χ3n) is 3.00. The van der Waals surface area contributed by atoms with Crippen molar-refractivity contribution in [3.63, 3.8) is 0 Å². The zero-order valence-corrected chi connectivity index (χ0v) is 10.6. The van der Waals surface area contributed by atoms with Crippen LogP contribution in [-0.2, 0) is 9.59 Å². The monoisotopic (exact) mass is 242 g/mol. The second kappa shape index (κ2) is 5.49. The van der Waals surface area contributed by atoms with E-state index in [0.717, 1.165) is 25.7 Å². The van der Waals surface area contributed by atoms with Crippen molar-refractivity contribution in [1.29, 1.82) is 0 Å². The van der Waals surface area contributed by atoms with Crippen molar-refractivity contribution in [2.75, 3.05) is 6.54 Å².